The molecule has 0 aliphatic heterocycles. The Labute approximate surface area is 324 Å². The molecule has 54 heavy (non-hydrogen) atoms. The highest BCUT2D eigenvalue weighted by molar-refractivity contribution is 7.47. The monoisotopic (exact) mass is 794 g/mol. The number of amides is 1. The number of hydrogen-bond acceptors (Lipinski definition) is 11. The fraction of sp³-hybridized carbons (Fsp3) is 0.875. The van der Waals surface area contributed by atoms with E-state index in [4.69, 9.17) is 9.05 Å². The average Bonchev–Trinajstić information content (AvgIpc) is 3.14. The van der Waals surface area contributed by atoms with Gasteiger partial charge in [-0.3, -0.25) is 13.8 Å². The lowest BCUT2D eigenvalue weighted by Crippen LogP contribution is -2.64. The molecule has 13 nitrogen and oxygen atoms in total. The lowest BCUT2D eigenvalue weighted by atomic mass is 9.85. The second kappa shape index (κ2) is 30.9. The Hall–Kier alpha value is -1.22. The first-order valence-corrected chi connectivity index (χ1v) is 22.4. The molecule has 1 saturated carbocycles. The summed E-state index contributed by atoms with van der Waals surface area (Å²) in [7, 11) is -5.13. The molecule has 0 saturated heterocycles. The molecule has 9 N–H and O–H groups in total. The molecule has 318 valence electrons. The Bertz CT molecular complexity index is 1030. The van der Waals surface area contributed by atoms with Crippen molar-refractivity contribution in [1.29, 1.82) is 0 Å². The number of carbonyl (C=O) groups excluding carboxylic acids is 1. The van der Waals surface area contributed by atoms with Crippen LogP contribution in [0.25, 0.3) is 0 Å². The van der Waals surface area contributed by atoms with Gasteiger partial charge in [-0.05, 0) is 44.9 Å². The zero-order valence-electron chi connectivity index (χ0n) is 33.1. The number of unbranched alkanes of at least 4 members (excludes halogenated alkanes) is 18. The molecule has 0 heterocycles. The molecule has 14 heteroatoms. The molecular weight excluding hydrogens is 717 g/mol. The fourth-order valence-electron chi connectivity index (χ4n) is 6.53. The van der Waals surface area contributed by atoms with E-state index in [1.165, 1.54) is 70.3 Å². The minimum Gasteiger partial charge on any atom is -0.393 e. The van der Waals surface area contributed by atoms with Crippen molar-refractivity contribution in [1.82, 2.24) is 5.32 Å². The first-order valence-electron chi connectivity index (χ1n) is 20.9. The van der Waals surface area contributed by atoms with Gasteiger partial charge in [-0.1, -0.05) is 134 Å². The normalized spacial score (nSPS) is 24.9. The van der Waals surface area contributed by atoms with E-state index in [1.807, 2.05) is 0 Å². The van der Waals surface area contributed by atoms with Crippen molar-refractivity contribution in [3.63, 3.8) is 0 Å². The van der Waals surface area contributed by atoms with Gasteiger partial charge in [0.1, 0.15) is 36.6 Å². The van der Waals surface area contributed by atoms with Gasteiger partial charge in [0.2, 0.25) is 5.91 Å². The van der Waals surface area contributed by atoms with E-state index < -0.39 is 75.2 Å². The van der Waals surface area contributed by atoms with Crippen molar-refractivity contribution < 1.29 is 59.0 Å². The topological polar surface area (TPSA) is 226 Å². The van der Waals surface area contributed by atoms with Crippen LogP contribution in [0, 0.1) is 0 Å². The summed E-state index contributed by atoms with van der Waals surface area (Å²) in [6.45, 7) is 3.67. The van der Waals surface area contributed by atoms with Crippen LogP contribution in [0.4, 0.5) is 0 Å². The largest absolute Gasteiger partial charge is 0.472 e. The van der Waals surface area contributed by atoms with Gasteiger partial charge in [0.15, 0.2) is 0 Å². The zero-order valence-corrected chi connectivity index (χ0v) is 34.0. The van der Waals surface area contributed by atoms with E-state index in [9.17, 15) is 50.0 Å². The molecule has 1 aliphatic rings. The van der Waals surface area contributed by atoms with E-state index in [0.717, 1.165) is 64.2 Å². The summed E-state index contributed by atoms with van der Waals surface area (Å²) in [6.07, 6.45) is 17.1. The lowest BCUT2D eigenvalue weighted by Gasteiger charge is -2.41. The number of nitrogens with one attached hydrogen (secondary N) is 1. The molecule has 1 fully saturated rings. The summed E-state index contributed by atoms with van der Waals surface area (Å²) in [5, 5.41) is 74.1. The third kappa shape index (κ3) is 23.1. The van der Waals surface area contributed by atoms with E-state index in [-0.39, 0.29) is 6.42 Å². The number of hydrogen-bond donors (Lipinski definition) is 9. The SMILES string of the molecule is CCCCCC/C=C\CCCCCCCC(O)CC(=O)NC(COP(=O)(O)OC1C(O)C(O)C(O)C(O)C1O)C(O)/C=C/CCCCCCCCCCC. The lowest BCUT2D eigenvalue weighted by molar-refractivity contribution is -0.220. The molecule has 1 rings (SSSR count). The highest BCUT2D eigenvalue weighted by atomic mass is 31.2. The smallest absolute Gasteiger partial charge is 0.393 e. The van der Waals surface area contributed by atoms with Crippen LogP contribution in [-0.4, -0.2) is 108 Å². The average molecular weight is 794 g/mol. The number of aliphatic hydroxyl groups excluding tert-OH is 7. The molecule has 0 aromatic heterocycles. The summed E-state index contributed by atoms with van der Waals surface area (Å²) in [5.41, 5.74) is 0. The van der Waals surface area contributed by atoms with Gasteiger partial charge in [0.05, 0.1) is 31.3 Å². The Kier molecular flexibility index (Phi) is 29.0. The molecule has 8 unspecified atom stereocenters. The first kappa shape index (κ1) is 50.8. The summed E-state index contributed by atoms with van der Waals surface area (Å²) in [6, 6.07) is -1.24. The third-order valence-electron chi connectivity index (χ3n) is 10.0. The summed E-state index contributed by atoms with van der Waals surface area (Å²) < 4.78 is 22.7. The molecule has 8 atom stereocenters. The Morgan fingerprint density at radius 1 is 0.648 bits per heavy atom. The van der Waals surface area contributed by atoms with E-state index in [1.54, 1.807) is 6.08 Å². The number of aliphatic hydroxyl groups is 7. The van der Waals surface area contributed by atoms with Gasteiger partial charge in [0, 0.05) is 0 Å². The number of carbonyl (C=O) groups is 1. The molecule has 1 aliphatic carbocycles. The molecule has 0 spiro atoms. The Balaban J connectivity index is 2.62. The predicted molar refractivity (Wildman–Crippen MR) is 210 cm³/mol. The van der Waals surface area contributed by atoms with E-state index in [2.05, 4.69) is 31.3 Å². The molecular formula is C40H76NO12P. The Morgan fingerprint density at radius 2 is 1.07 bits per heavy atom. The van der Waals surface area contributed by atoms with Crippen LogP contribution in [0.5, 0.6) is 0 Å². The maximum atomic E-state index is 12.9. The van der Waals surface area contributed by atoms with Gasteiger partial charge in [-0.25, -0.2) is 4.57 Å². The van der Waals surface area contributed by atoms with Gasteiger partial charge in [-0.15, -0.1) is 0 Å². The van der Waals surface area contributed by atoms with Crippen LogP contribution in [0.2, 0.25) is 0 Å². The fourth-order valence-corrected chi connectivity index (χ4v) is 7.49. The maximum Gasteiger partial charge on any atom is 0.472 e. The van der Waals surface area contributed by atoms with Crippen molar-refractivity contribution >= 4 is 13.7 Å². The van der Waals surface area contributed by atoms with Gasteiger partial charge >= 0.3 is 7.82 Å². The number of rotatable bonds is 33. The van der Waals surface area contributed by atoms with Crippen LogP contribution < -0.4 is 5.32 Å². The van der Waals surface area contributed by atoms with Crippen molar-refractivity contribution in [2.75, 3.05) is 6.61 Å². The zero-order chi connectivity index (χ0) is 40.2. The van der Waals surface area contributed by atoms with E-state index in [0.29, 0.717) is 12.8 Å². The minimum atomic E-state index is -5.13. The standard InChI is InChI=1S/C40H76NO12P/c1-3-5-7-9-11-13-15-16-18-19-21-23-25-27-31(42)29-34(44)41-32(33(43)28-26-24-22-20-17-14-12-10-8-6-4-2)30-52-54(50,51)53-40-38(48)36(46)35(45)37(47)39(40)49/h13,15,26,28,31-33,35-40,42-43,45-49H,3-12,14,16-25,27,29-30H2,1-2H3,(H,41,44)(H,50,51)/b15-13-,28-26+. The van der Waals surface area contributed by atoms with Crippen LogP contribution in [0.3, 0.4) is 0 Å². The van der Waals surface area contributed by atoms with E-state index >= 15 is 0 Å². The molecule has 0 bridgehead atoms. The van der Waals surface area contributed by atoms with Gasteiger partial charge in [-0.2, -0.15) is 0 Å². The summed E-state index contributed by atoms with van der Waals surface area (Å²) >= 11 is 0. The Morgan fingerprint density at radius 3 is 1.59 bits per heavy atom. The second-order valence-corrected chi connectivity index (χ2v) is 16.4. The van der Waals surface area contributed by atoms with Crippen LogP contribution in [0.1, 0.15) is 162 Å². The number of phosphoric acid groups is 1. The highest BCUT2D eigenvalue weighted by Crippen LogP contribution is 2.47. The summed E-state index contributed by atoms with van der Waals surface area (Å²) in [4.78, 5) is 23.3. The minimum absolute atomic E-state index is 0.250. The molecule has 0 aromatic carbocycles. The van der Waals surface area contributed by atoms with Gasteiger partial charge in [0.25, 0.3) is 0 Å². The number of phosphoric ester groups is 1. The third-order valence-corrected chi connectivity index (χ3v) is 11.0. The summed E-state index contributed by atoms with van der Waals surface area (Å²) in [5.74, 6) is -0.601. The van der Waals surface area contributed by atoms with Crippen molar-refractivity contribution in [3.05, 3.63) is 24.3 Å². The van der Waals surface area contributed by atoms with Gasteiger partial charge < -0.3 is 46.0 Å². The van der Waals surface area contributed by atoms with Crippen molar-refractivity contribution in [2.45, 2.75) is 216 Å². The predicted octanol–water partition coefficient (Wildman–Crippen LogP) is 5.64. The quantitative estimate of drug-likeness (QED) is 0.0224. The second-order valence-electron chi connectivity index (χ2n) is 15.0. The first-order chi connectivity index (χ1) is 25.8. The van der Waals surface area contributed by atoms with Crippen LogP contribution in [0.15, 0.2) is 24.3 Å². The van der Waals surface area contributed by atoms with Crippen LogP contribution in [-0.2, 0) is 18.4 Å². The molecule has 0 radical (unpaired) electrons. The van der Waals surface area contributed by atoms with Crippen molar-refractivity contribution in [2.24, 2.45) is 0 Å². The van der Waals surface area contributed by atoms with Crippen molar-refractivity contribution in [3.8, 4) is 0 Å². The molecule has 0 aromatic rings. The van der Waals surface area contributed by atoms with Crippen LogP contribution >= 0.6 is 7.82 Å². The molecule has 1 amide bonds. The maximum absolute atomic E-state index is 12.9. The highest BCUT2D eigenvalue weighted by Gasteiger charge is 2.51. The number of allylic oxidation sites excluding steroid dienone is 3.